The fourth-order valence-corrected chi connectivity index (χ4v) is 5.58. The highest BCUT2D eigenvalue weighted by molar-refractivity contribution is 5.77. The van der Waals surface area contributed by atoms with Crippen LogP contribution in [0.1, 0.15) is 51.4 Å². The molecule has 1 heterocycles. The summed E-state index contributed by atoms with van der Waals surface area (Å²) >= 11 is 0. The van der Waals surface area contributed by atoms with Crippen LogP contribution >= 0.6 is 0 Å². The average molecular weight is 677 g/mol. The molecule has 266 valence electrons. The molecule has 4 atom stereocenters. The maximum Gasteiger partial charge on any atom is 0.320 e. The van der Waals surface area contributed by atoms with E-state index in [2.05, 4.69) is 0 Å². The smallest absolute Gasteiger partial charge is 0.320 e. The average Bonchev–Trinajstić information content (AvgIpc) is 2.95. The number of aldehydes is 1. The van der Waals surface area contributed by atoms with Crippen LogP contribution in [-0.2, 0) is 38.4 Å². The summed E-state index contributed by atoms with van der Waals surface area (Å²) in [6.07, 6.45) is -2.31. The van der Waals surface area contributed by atoms with Crippen molar-refractivity contribution in [3.63, 3.8) is 0 Å². The van der Waals surface area contributed by atoms with Gasteiger partial charge in [0.25, 0.3) is 0 Å². The lowest BCUT2D eigenvalue weighted by atomic mass is 10.1. The van der Waals surface area contributed by atoms with Gasteiger partial charge in [0, 0.05) is 78.0 Å². The second-order valence-corrected chi connectivity index (χ2v) is 11.1. The number of carbonyl (C=O) groups excluding carboxylic acids is 1. The monoisotopic (exact) mass is 676 g/mol. The van der Waals surface area contributed by atoms with Crippen LogP contribution in [0.3, 0.4) is 0 Å². The van der Waals surface area contributed by atoms with E-state index >= 15 is 0 Å². The van der Waals surface area contributed by atoms with Crippen LogP contribution in [0.15, 0.2) is 0 Å². The quantitative estimate of drug-likeness (QED) is 0.0729. The molecule has 1 fully saturated rings. The molecule has 1 aliphatic heterocycles. The number of nitrogens with zero attached hydrogens (tertiary/aromatic N) is 4. The largest absolute Gasteiger partial charge is 0.481 e. The number of hydrogen-bond donors (Lipinski definition) is 7. The van der Waals surface area contributed by atoms with Crippen molar-refractivity contribution in [1.29, 1.82) is 0 Å². The van der Waals surface area contributed by atoms with Crippen LogP contribution in [0.25, 0.3) is 0 Å². The molecule has 19 heteroatoms. The van der Waals surface area contributed by atoms with E-state index in [1.54, 1.807) is 0 Å². The summed E-state index contributed by atoms with van der Waals surface area (Å²) in [5.41, 5.74) is 0. The molecule has 1 aliphatic rings. The Morgan fingerprint density at radius 3 is 0.809 bits per heavy atom. The number of carboxylic acid groups (broad SMARTS) is 7. The minimum Gasteiger partial charge on any atom is -0.481 e. The molecule has 0 radical (unpaired) electrons. The van der Waals surface area contributed by atoms with E-state index < -0.39 is 85.2 Å². The van der Waals surface area contributed by atoms with Gasteiger partial charge in [0.2, 0.25) is 0 Å². The van der Waals surface area contributed by atoms with Gasteiger partial charge in [0.1, 0.15) is 30.5 Å². The highest BCUT2D eigenvalue weighted by Crippen LogP contribution is 2.17. The summed E-state index contributed by atoms with van der Waals surface area (Å²) in [5.74, 6) is -9.22. The molecule has 47 heavy (non-hydrogen) atoms. The molecule has 0 amide bonds. The lowest BCUT2D eigenvalue weighted by molar-refractivity contribution is -0.149. The Hall–Kier alpha value is -4.20. The standard InChI is InChI=1S/C28H44N4O15/c33-17-1-2-18(25(40)41)29-9-11-30(19(26(42)43)3-6-22(34)35)13-15-32(21(28(46)47)5-8-24(38)39)16-14-31(12-10-29)20(27(44)45)4-7-23(36)37/h17-21H,1-16H2,(H,34,35)(H,36,37)(H,38,39)(H,40,41)(H,42,43)(H,44,45)(H,46,47). The van der Waals surface area contributed by atoms with Gasteiger partial charge >= 0.3 is 41.8 Å². The van der Waals surface area contributed by atoms with Gasteiger partial charge in [-0.3, -0.25) is 53.2 Å². The number of hydrogen-bond acceptors (Lipinski definition) is 12. The topological polar surface area (TPSA) is 291 Å². The van der Waals surface area contributed by atoms with Gasteiger partial charge in [-0.2, -0.15) is 0 Å². The van der Waals surface area contributed by atoms with Crippen molar-refractivity contribution in [2.75, 3.05) is 52.4 Å². The third-order valence-corrected chi connectivity index (χ3v) is 8.05. The second-order valence-electron chi connectivity index (χ2n) is 11.1. The van der Waals surface area contributed by atoms with E-state index in [9.17, 15) is 74.1 Å². The summed E-state index contributed by atoms with van der Waals surface area (Å²) in [6.45, 7) is -1.26. The predicted molar refractivity (Wildman–Crippen MR) is 158 cm³/mol. The van der Waals surface area contributed by atoms with Crippen LogP contribution in [0.5, 0.6) is 0 Å². The Balaban J connectivity index is 3.67. The molecule has 19 nitrogen and oxygen atoms in total. The van der Waals surface area contributed by atoms with Crippen molar-refractivity contribution in [2.45, 2.75) is 75.5 Å². The molecule has 7 N–H and O–H groups in total. The summed E-state index contributed by atoms with van der Waals surface area (Å²) in [6, 6.07) is -5.39. The minimum absolute atomic E-state index is 0.126. The first-order valence-corrected chi connectivity index (χ1v) is 15.0. The summed E-state index contributed by atoms with van der Waals surface area (Å²) in [7, 11) is 0. The third kappa shape index (κ3) is 14.8. The zero-order valence-corrected chi connectivity index (χ0v) is 25.9. The van der Waals surface area contributed by atoms with Crippen molar-refractivity contribution in [3.05, 3.63) is 0 Å². The molecular formula is C28H44N4O15. The van der Waals surface area contributed by atoms with Gasteiger partial charge in [-0.15, -0.1) is 0 Å². The van der Waals surface area contributed by atoms with Gasteiger partial charge in [-0.05, 0) is 25.7 Å². The van der Waals surface area contributed by atoms with Crippen LogP contribution in [-0.4, -0.2) is 180 Å². The highest BCUT2D eigenvalue weighted by Gasteiger charge is 2.35. The highest BCUT2D eigenvalue weighted by atomic mass is 16.4. The molecule has 0 aromatic heterocycles. The van der Waals surface area contributed by atoms with Gasteiger partial charge < -0.3 is 40.5 Å². The van der Waals surface area contributed by atoms with Gasteiger partial charge in [0.15, 0.2) is 0 Å². The number of rotatable bonds is 20. The fourth-order valence-electron chi connectivity index (χ4n) is 5.58. The molecule has 0 aliphatic carbocycles. The number of carbonyl (C=O) groups is 8. The first-order valence-electron chi connectivity index (χ1n) is 15.0. The Kier molecular flexibility index (Phi) is 18.1. The van der Waals surface area contributed by atoms with E-state index in [4.69, 9.17) is 0 Å². The van der Waals surface area contributed by atoms with E-state index in [0.29, 0.717) is 6.29 Å². The number of aliphatic carboxylic acids is 7. The first-order chi connectivity index (χ1) is 22.1. The molecule has 0 aromatic rings. The zero-order valence-electron chi connectivity index (χ0n) is 25.9. The fraction of sp³-hybridized carbons (Fsp3) is 0.714. The number of carboxylic acids is 7. The molecule has 1 saturated heterocycles. The SMILES string of the molecule is O=CCCC(C(=O)O)N1CCN(C(CCC(=O)O)C(=O)O)CCN(C(CCC(=O)O)C(=O)O)CCN(C(CCC(=O)O)C(=O)O)CC1. The van der Waals surface area contributed by atoms with E-state index in [0.717, 1.165) is 0 Å². The van der Waals surface area contributed by atoms with Gasteiger partial charge in [0.05, 0.1) is 0 Å². The van der Waals surface area contributed by atoms with Crippen molar-refractivity contribution in [2.24, 2.45) is 0 Å². The van der Waals surface area contributed by atoms with Crippen molar-refractivity contribution < 1.29 is 74.1 Å². The Bertz CT molecular complexity index is 1070. The molecule has 0 aromatic carbocycles. The molecule has 4 unspecified atom stereocenters. The maximum atomic E-state index is 12.3. The lowest BCUT2D eigenvalue weighted by Gasteiger charge is -2.39. The summed E-state index contributed by atoms with van der Waals surface area (Å²) in [5, 5.41) is 67.6. The molecule has 0 bridgehead atoms. The third-order valence-electron chi connectivity index (χ3n) is 8.05. The predicted octanol–water partition coefficient (Wildman–Crippen LogP) is -1.41. The molecule has 0 spiro atoms. The maximum absolute atomic E-state index is 12.3. The Morgan fingerprint density at radius 2 is 0.638 bits per heavy atom. The lowest BCUT2D eigenvalue weighted by Crippen LogP contribution is -2.56. The van der Waals surface area contributed by atoms with Crippen molar-refractivity contribution in [3.8, 4) is 0 Å². The van der Waals surface area contributed by atoms with Crippen LogP contribution < -0.4 is 0 Å². The van der Waals surface area contributed by atoms with E-state index in [1.165, 1.54) is 19.6 Å². The van der Waals surface area contributed by atoms with Crippen LogP contribution in [0, 0.1) is 0 Å². The zero-order chi connectivity index (χ0) is 35.7. The normalized spacial score (nSPS) is 18.8. The summed E-state index contributed by atoms with van der Waals surface area (Å²) < 4.78 is 0. The van der Waals surface area contributed by atoms with Crippen molar-refractivity contribution in [1.82, 2.24) is 19.6 Å². The van der Waals surface area contributed by atoms with Gasteiger partial charge in [-0.1, -0.05) is 0 Å². The molecular weight excluding hydrogens is 632 g/mol. The van der Waals surface area contributed by atoms with E-state index in [-0.39, 0.29) is 84.5 Å². The van der Waals surface area contributed by atoms with E-state index in [1.807, 2.05) is 0 Å². The Labute approximate surface area is 269 Å². The Morgan fingerprint density at radius 1 is 0.426 bits per heavy atom. The first kappa shape index (κ1) is 40.8. The van der Waals surface area contributed by atoms with Crippen LogP contribution in [0.4, 0.5) is 0 Å². The minimum atomic E-state index is -1.39. The molecule has 0 saturated carbocycles. The van der Waals surface area contributed by atoms with Crippen LogP contribution in [0.2, 0.25) is 0 Å². The van der Waals surface area contributed by atoms with Crippen molar-refractivity contribution >= 4 is 48.1 Å². The molecule has 1 rings (SSSR count). The second kappa shape index (κ2) is 20.8. The summed E-state index contributed by atoms with van der Waals surface area (Å²) in [4.78, 5) is 99.6. The van der Waals surface area contributed by atoms with Gasteiger partial charge in [-0.25, -0.2) is 0 Å².